The van der Waals surface area contributed by atoms with Gasteiger partial charge < -0.3 is 9.84 Å². The second-order valence-corrected chi connectivity index (χ2v) is 13.0. The van der Waals surface area contributed by atoms with Crippen LogP contribution in [0.3, 0.4) is 0 Å². The number of hydrogen-bond acceptors (Lipinski definition) is 7. The van der Waals surface area contributed by atoms with Crippen molar-refractivity contribution in [3.63, 3.8) is 0 Å². The van der Waals surface area contributed by atoms with Crippen LogP contribution in [0.1, 0.15) is 65.2 Å². The van der Waals surface area contributed by atoms with E-state index in [9.17, 15) is 23.1 Å². The van der Waals surface area contributed by atoms with E-state index in [1.165, 1.54) is 6.08 Å². The molecule has 32 heavy (non-hydrogen) atoms. The summed E-state index contributed by atoms with van der Waals surface area (Å²) < 4.78 is 35.6. The molecule has 5 aliphatic rings. The van der Waals surface area contributed by atoms with Gasteiger partial charge in [-0.1, -0.05) is 13.8 Å². The molecule has 0 unspecified atom stereocenters. The number of cyclic esters (lactones) is 1. The number of ether oxygens (including phenoxy) is 1. The Morgan fingerprint density at radius 1 is 1.12 bits per heavy atom. The van der Waals surface area contributed by atoms with Crippen molar-refractivity contribution in [3.05, 3.63) is 11.6 Å². The zero-order valence-electron chi connectivity index (χ0n) is 19.1. The number of esters is 1. The summed E-state index contributed by atoms with van der Waals surface area (Å²) in [5.41, 5.74) is -1.23. The summed E-state index contributed by atoms with van der Waals surface area (Å²) in [6, 6.07) is 0. The Hall–Kier alpha value is -1.25. The molecule has 7 nitrogen and oxygen atoms in total. The predicted molar refractivity (Wildman–Crippen MR) is 116 cm³/mol. The van der Waals surface area contributed by atoms with Gasteiger partial charge in [0.05, 0.1) is 18.0 Å². The first-order valence-corrected chi connectivity index (χ1v) is 13.7. The van der Waals surface area contributed by atoms with Crippen LogP contribution in [0.15, 0.2) is 11.6 Å². The molecule has 0 aromatic heterocycles. The van der Waals surface area contributed by atoms with Crippen molar-refractivity contribution in [2.75, 3.05) is 12.9 Å². The molecule has 4 saturated carbocycles. The smallest absolute Gasteiger partial charge is 0.331 e. The highest BCUT2D eigenvalue weighted by molar-refractivity contribution is 7.86. The lowest BCUT2D eigenvalue weighted by molar-refractivity contribution is -0.235. The molecule has 1 N–H and O–H groups in total. The predicted octanol–water partition coefficient (Wildman–Crippen LogP) is 2.77. The van der Waals surface area contributed by atoms with Crippen molar-refractivity contribution in [1.29, 1.82) is 0 Å². The Balaban J connectivity index is 1.59. The van der Waals surface area contributed by atoms with Gasteiger partial charge in [-0.15, -0.1) is 0 Å². The van der Waals surface area contributed by atoms with E-state index >= 15 is 0 Å². The molecule has 0 aromatic rings. The van der Waals surface area contributed by atoms with Crippen LogP contribution in [-0.4, -0.2) is 49.8 Å². The van der Waals surface area contributed by atoms with Gasteiger partial charge in [0, 0.05) is 24.3 Å². The van der Waals surface area contributed by atoms with Crippen LogP contribution in [-0.2, 0) is 28.6 Å². The minimum Gasteiger partial charge on any atom is -0.458 e. The van der Waals surface area contributed by atoms with E-state index in [2.05, 4.69) is 6.92 Å². The monoisotopic (exact) mass is 466 g/mol. The number of ketones is 1. The Kier molecular flexibility index (Phi) is 5.02. The molecule has 8 heteroatoms. The lowest BCUT2D eigenvalue weighted by Crippen LogP contribution is -2.67. The van der Waals surface area contributed by atoms with E-state index < -0.39 is 27.2 Å². The van der Waals surface area contributed by atoms with E-state index in [-0.39, 0.29) is 41.7 Å². The lowest BCUT2D eigenvalue weighted by atomic mass is 9.42. The molecule has 1 aliphatic heterocycles. The van der Waals surface area contributed by atoms with Gasteiger partial charge in [0.25, 0.3) is 10.1 Å². The first kappa shape index (κ1) is 22.5. The summed E-state index contributed by atoms with van der Waals surface area (Å²) in [4.78, 5) is 24.0. The quantitative estimate of drug-likeness (QED) is 0.503. The van der Waals surface area contributed by atoms with Gasteiger partial charge in [-0.3, -0.25) is 8.98 Å². The maximum atomic E-state index is 12.4. The van der Waals surface area contributed by atoms with Crippen molar-refractivity contribution >= 4 is 21.9 Å². The number of carbonyl (C=O) groups is 2. The summed E-state index contributed by atoms with van der Waals surface area (Å²) in [6.45, 7) is 4.39. The zero-order chi connectivity index (χ0) is 23.1. The largest absolute Gasteiger partial charge is 0.458 e. The van der Waals surface area contributed by atoms with Crippen LogP contribution in [0.25, 0.3) is 0 Å². The van der Waals surface area contributed by atoms with E-state index in [1.807, 2.05) is 6.92 Å². The summed E-state index contributed by atoms with van der Waals surface area (Å²) in [5, 5.41) is 12.4. The van der Waals surface area contributed by atoms with Gasteiger partial charge in [0.1, 0.15) is 12.4 Å². The topological polar surface area (TPSA) is 107 Å². The van der Waals surface area contributed by atoms with E-state index in [0.29, 0.717) is 37.9 Å². The maximum absolute atomic E-state index is 12.4. The number of hydrogen-bond donors (Lipinski definition) is 1. The molecule has 0 saturated heterocycles. The first-order chi connectivity index (χ1) is 14.9. The normalized spacial score (nSPS) is 48.5. The molecule has 1 heterocycles. The molecular formula is C24H34O7S. The van der Waals surface area contributed by atoms with Gasteiger partial charge >= 0.3 is 5.97 Å². The minimum atomic E-state index is -3.76. The van der Waals surface area contributed by atoms with Crippen LogP contribution in [0.5, 0.6) is 0 Å². The Labute approximate surface area is 190 Å². The lowest BCUT2D eigenvalue weighted by Gasteiger charge is -2.64. The minimum absolute atomic E-state index is 0.0185. The Morgan fingerprint density at radius 2 is 1.88 bits per heavy atom. The van der Waals surface area contributed by atoms with Gasteiger partial charge in [0.15, 0.2) is 0 Å². The number of rotatable bonds is 3. The van der Waals surface area contributed by atoms with Crippen molar-refractivity contribution < 1.29 is 32.0 Å². The molecule has 0 radical (unpaired) electrons. The number of aliphatic hydroxyl groups is 1. The first-order valence-electron chi connectivity index (χ1n) is 11.9. The average Bonchev–Trinajstić information content (AvgIpc) is 3.23. The molecule has 0 spiro atoms. The number of carbonyl (C=O) groups excluding carboxylic acids is 2. The summed E-state index contributed by atoms with van der Waals surface area (Å²) in [5.74, 6) is 0.141. The molecule has 4 aliphatic carbocycles. The highest BCUT2D eigenvalue weighted by Crippen LogP contribution is 2.70. The summed E-state index contributed by atoms with van der Waals surface area (Å²) >= 11 is 0. The summed E-state index contributed by atoms with van der Waals surface area (Å²) in [7, 11) is -3.76. The number of Topliss-reactive ketones (excluding diaryl/α,β-unsaturated/α-hetero) is 1. The standard InChI is InChI=1S/C24H34O7S/c1-22-8-6-16(25)11-15(22)4-5-18-19(22)12-20(31-32(3,28)29)23(2)17(7-9-24(18,23)27)14-10-21(26)30-13-14/h10,15,17-20,27H,4-9,11-13H2,1-3H3/t15-,17-,18-,19+,20-,22+,23+,24+/m1/s1. The fraction of sp³-hybridized carbons (Fsp3) is 0.833. The fourth-order valence-electron chi connectivity index (χ4n) is 8.50. The second-order valence-electron chi connectivity index (χ2n) is 11.4. The van der Waals surface area contributed by atoms with Crippen molar-refractivity contribution in [2.24, 2.45) is 34.5 Å². The highest BCUT2D eigenvalue weighted by Gasteiger charge is 2.71. The van der Waals surface area contributed by atoms with E-state index in [1.54, 1.807) is 0 Å². The van der Waals surface area contributed by atoms with Crippen LogP contribution in [0.2, 0.25) is 0 Å². The van der Waals surface area contributed by atoms with Crippen LogP contribution in [0.4, 0.5) is 0 Å². The molecule has 5 rings (SSSR count). The van der Waals surface area contributed by atoms with Gasteiger partial charge in [-0.25, -0.2) is 4.79 Å². The fourth-order valence-corrected chi connectivity index (χ4v) is 9.20. The second kappa shape index (κ2) is 7.12. The Bertz CT molecular complexity index is 986. The van der Waals surface area contributed by atoms with E-state index in [4.69, 9.17) is 8.92 Å². The van der Waals surface area contributed by atoms with Crippen LogP contribution < -0.4 is 0 Å². The van der Waals surface area contributed by atoms with Crippen molar-refractivity contribution in [1.82, 2.24) is 0 Å². The van der Waals surface area contributed by atoms with Crippen molar-refractivity contribution in [2.45, 2.75) is 76.9 Å². The van der Waals surface area contributed by atoms with Gasteiger partial charge in [-0.05, 0) is 73.2 Å². The summed E-state index contributed by atoms with van der Waals surface area (Å²) in [6.07, 6.45) is 7.30. The molecule has 0 bridgehead atoms. The molecule has 0 amide bonds. The Morgan fingerprint density at radius 3 is 2.53 bits per heavy atom. The van der Waals surface area contributed by atoms with Crippen LogP contribution in [0, 0.1) is 34.5 Å². The number of fused-ring (bicyclic) bond motifs is 5. The van der Waals surface area contributed by atoms with Crippen molar-refractivity contribution in [3.8, 4) is 0 Å². The van der Waals surface area contributed by atoms with Gasteiger partial charge in [0.2, 0.25) is 0 Å². The molecular weight excluding hydrogens is 432 g/mol. The third kappa shape index (κ3) is 3.08. The van der Waals surface area contributed by atoms with E-state index in [0.717, 1.165) is 31.1 Å². The molecule has 8 atom stereocenters. The maximum Gasteiger partial charge on any atom is 0.331 e. The molecule has 4 fully saturated rings. The molecule has 0 aromatic carbocycles. The van der Waals surface area contributed by atoms with Crippen LogP contribution >= 0.6 is 0 Å². The zero-order valence-corrected chi connectivity index (χ0v) is 19.9. The average molecular weight is 467 g/mol. The third-order valence-corrected chi connectivity index (χ3v) is 10.7. The molecule has 178 valence electrons. The third-order valence-electron chi connectivity index (χ3n) is 10.2. The van der Waals surface area contributed by atoms with Gasteiger partial charge in [-0.2, -0.15) is 8.42 Å². The SMILES string of the molecule is C[C@]12CCC(=O)C[C@H]1CC[C@@H]1[C@@H]2C[C@@H](OS(C)(=O)=O)[C@]2(C)[C@@H](C3=CC(=O)OC3)CC[C@]12O. The highest BCUT2D eigenvalue weighted by atomic mass is 32.2.